The number of hydrogen-bond donors (Lipinski definition) is 0. The van der Waals surface area contributed by atoms with Gasteiger partial charge in [0.05, 0.1) is 37.3 Å². The summed E-state index contributed by atoms with van der Waals surface area (Å²) in [7, 11) is 3.13. The number of aryl methyl sites for hydroxylation is 1. The van der Waals surface area contributed by atoms with Crippen molar-refractivity contribution in [3.63, 3.8) is 0 Å². The molecule has 0 radical (unpaired) electrons. The lowest BCUT2D eigenvalue weighted by Gasteiger charge is -2.25. The lowest BCUT2D eigenvalue weighted by Crippen LogP contribution is -2.32. The van der Waals surface area contributed by atoms with Gasteiger partial charge in [0.2, 0.25) is 5.76 Å². The van der Waals surface area contributed by atoms with Gasteiger partial charge >= 0.3 is 0 Å². The Morgan fingerprint density at radius 2 is 1.88 bits per heavy atom. The minimum absolute atomic E-state index is 0.0440. The molecule has 1 aliphatic heterocycles. The molecule has 2 heterocycles. The summed E-state index contributed by atoms with van der Waals surface area (Å²) in [5, 5.41) is 0.805. The zero-order valence-corrected chi connectivity index (χ0v) is 20.5. The molecule has 34 heavy (non-hydrogen) atoms. The Labute approximate surface area is 203 Å². The van der Waals surface area contributed by atoms with E-state index in [9.17, 15) is 9.59 Å². The second-order valence-corrected chi connectivity index (χ2v) is 8.68. The smallest absolute Gasteiger partial charge is 0.290 e. The number of halogens is 1. The number of methoxy groups -OCH3 is 2. The Hall–Kier alpha value is -3.03. The molecule has 8 heteroatoms. The summed E-state index contributed by atoms with van der Waals surface area (Å²) < 4.78 is 22.6. The Kier molecular flexibility index (Phi) is 7.14. The third-order valence-electron chi connectivity index (χ3n) is 6.04. The maximum absolute atomic E-state index is 13.6. The third kappa shape index (κ3) is 4.26. The maximum Gasteiger partial charge on any atom is 0.290 e. The monoisotopic (exact) mass is 485 g/mol. The molecule has 1 aromatic heterocycles. The van der Waals surface area contributed by atoms with Gasteiger partial charge in [-0.3, -0.25) is 9.59 Å². The average Bonchev–Trinajstić information content (AvgIpc) is 3.11. The highest BCUT2D eigenvalue weighted by molar-refractivity contribution is 6.32. The molecule has 1 amide bonds. The first-order valence-electron chi connectivity index (χ1n) is 11.3. The van der Waals surface area contributed by atoms with Gasteiger partial charge in [-0.05, 0) is 48.7 Å². The lowest BCUT2D eigenvalue weighted by atomic mass is 9.98. The maximum atomic E-state index is 13.6. The van der Waals surface area contributed by atoms with E-state index < -0.39 is 6.04 Å². The number of carbonyl (C=O) groups is 1. The largest absolute Gasteiger partial charge is 0.493 e. The summed E-state index contributed by atoms with van der Waals surface area (Å²) in [5.41, 5.74) is 1.82. The van der Waals surface area contributed by atoms with Gasteiger partial charge in [-0.15, -0.1) is 0 Å². The fourth-order valence-electron chi connectivity index (χ4n) is 4.21. The first-order chi connectivity index (χ1) is 16.4. The normalized spacial score (nSPS) is 15.1. The van der Waals surface area contributed by atoms with Gasteiger partial charge in [-0.25, -0.2) is 0 Å². The molecule has 1 aliphatic rings. The van der Waals surface area contributed by atoms with Gasteiger partial charge < -0.3 is 23.5 Å². The van der Waals surface area contributed by atoms with E-state index in [0.29, 0.717) is 46.3 Å². The van der Waals surface area contributed by atoms with Crippen LogP contribution in [0.15, 0.2) is 39.5 Å². The van der Waals surface area contributed by atoms with Crippen molar-refractivity contribution in [1.29, 1.82) is 0 Å². The van der Waals surface area contributed by atoms with Crippen molar-refractivity contribution in [2.75, 3.05) is 34.0 Å². The number of carbonyl (C=O) groups excluding carboxylic acids is 1. The van der Waals surface area contributed by atoms with Gasteiger partial charge in [-0.1, -0.05) is 31.0 Å². The Bertz CT molecular complexity index is 1280. The second kappa shape index (κ2) is 10.1. The van der Waals surface area contributed by atoms with Gasteiger partial charge in [0.15, 0.2) is 16.9 Å². The lowest BCUT2D eigenvalue weighted by molar-refractivity contribution is 0.0663. The molecule has 3 aromatic rings. The van der Waals surface area contributed by atoms with Crippen molar-refractivity contribution in [3.05, 3.63) is 68.0 Å². The number of hydrogen-bond acceptors (Lipinski definition) is 6. The molecule has 0 saturated heterocycles. The third-order valence-corrected chi connectivity index (χ3v) is 6.45. The molecule has 1 unspecified atom stereocenters. The standard InChI is InChI=1S/C26H28ClNO6/c1-5-6-10-33-19-8-7-16(13-21(19)32-4)23-22-24(29)17-14-18(27)15(2)12-20(17)34-25(22)26(30)28(23)9-11-31-3/h7-8,12-14,23H,5-6,9-11H2,1-4H3. The highest BCUT2D eigenvalue weighted by Gasteiger charge is 2.42. The highest BCUT2D eigenvalue weighted by atomic mass is 35.5. The predicted octanol–water partition coefficient (Wildman–Crippen LogP) is 5.13. The zero-order valence-electron chi connectivity index (χ0n) is 19.8. The number of benzene rings is 2. The van der Waals surface area contributed by atoms with Crippen LogP contribution in [-0.2, 0) is 4.74 Å². The first-order valence-corrected chi connectivity index (χ1v) is 11.7. The minimum Gasteiger partial charge on any atom is -0.493 e. The number of ether oxygens (including phenoxy) is 3. The quantitative estimate of drug-likeness (QED) is 0.391. The molecule has 0 spiro atoms. The van der Waals surface area contributed by atoms with Crippen molar-refractivity contribution in [3.8, 4) is 11.5 Å². The SMILES string of the molecule is CCCCOc1ccc(C2c3c(oc4cc(C)c(Cl)cc4c3=O)C(=O)N2CCOC)cc1OC. The number of amides is 1. The number of rotatable bonds is 9. The summed E-state index contributed by atoms with van der Waals surface area (Å²) in [6, 6.07) is 8.09. The summed E-state index contributed by atoms with van der Waals surface area (Å²) in [4.78, 5) is 28.6. The van der Waals surface area contributed by atoms with Crippen LogP contribution in [0.25, 0.3) is 11.0 Å². The Morgan fingerprint density at radius 1 is 1.09 bits per heavy atom. The number of unbranched alkanes of at least 4 members (excludes halogenated alkanes) is 1. The van der Waals surface area contributed by atoms with Crippen LogP contribution in [0.3, 0.4) is 0 Å². The molecular formula is C26H28ClNO6. The number of nitrogens with zero attached hydrogens (tertiary/aromatic N) is 1. The van der Waals surface area contributed by atoms with Crippen LogP contribution in [0.4, 0.5) is 0 Å². The second-order valence-electron chi connectivity index (χ2n) is 8.28. The molecule has 0 bridgehead atoms. The van der Waals surface area contributed by atoms with E-state index in [1.165, 1.54) is 0 Å². The topological polar surface area (TPSA) is 78.2 Å². The molecular weight excluding hydrogens is 458 g/mol. The highest BCUT2D eigenvalue weighted by Crippen LogP contribution is 2.41. The van der Waals surface area contributed by atoms with Gasteiger partial charge in [0.1, 0.15) is 5.58 Å². The Balaban J connectivity index is 1.87. The van der Waals surface area contributed by atoms with Crippen LogP contribution >= 0.6 is 11.6 Å². The molecule has 0 fully saturated rings. The van der Waals surface area contributed by atoms with Crippen LogP contribution in [0, 0.1) is 6.92 Å². The van der Waals surface area contributed by atoms with Gasteiger partial charge in [0.25, 0.3) is 5.91 Å². The fraction of sp³-hybridized carbons (Fsp3) is 0.385. The van der Waals surface area contributed by atoms with Crippen LogP contribution in [0.1, 0.15) is 53.1 Å². The molecule has 0 saturated carbocycles. The van der Waals surface area contributed by atoms with E-state index in [0.717, 1.165) is 18.4 Å². The molecule has 1 atom stereocenters. The van der Waals surface area contributed by atoms with Gasteiger partial charge in [0, 0.05) is 18.7 Å². The van der Waals surface area contributed by atoms with E-state index in [-0.39, 0.29) is 29.2 Å². The number of fused-ring (bicyclic) bond motifs is 2. The summed E-state index contributed by atoms with van der Waals surface area (Å²) in [6.45, 7) is 5.09. The average molecular weight is 486 g/mol. The molecule has 0 N–H and O–H groups in total. The van der Waals surface area contributed by atoms with Gasteiger partial charge in [-0.2, -0.15) is 0 Å². The van der Waals surface area contributed by atoms with E-state index >= 15 is 0 Å². The summed E-state index contributed by atoms with van der Waals surface area (Å²) in [6.07, 6.45) is 1.94. The van der Waals surface area contributed by atoms with E-state index in [2.05, 4.69) is 6.92 Å². The summed E-state index contributed by atoms with van der Waals surface area (Å²) in [5.74, 6) is 0.832. The molecule has 180 valence electrons. The van der Waals surface area contributed by atoms with Crippen molar-refractivity contribution in [2.24, 2.45) is 0 Å². The molecule has 4 rings (SSSR count). The Morgan fingerprint density at radius 3 is 2.59 bits per heavy atom. The zero-order chi connectivity index (χ0) is 24.4. The van der Waals surface area contributed by atoms with Crippen LogP contribution in [0.2, 0.25) is 5.02 Å². The van der Waals surface area contributed by atoms with Crippen molar-refractivity contribution < 1.29 is 23.4 Å². The molecule has 0 aliphatic carbocycles. The van der Waals surface area contributed by atoms with Crippen LogP contribution in [-0.4, -0.2) is 44.8 Å². The van der Waals surface area contributed by atoms with E-state index in [4.69, 9.17) is 30.2 Å². The van der Waals surface area contributed by atoms with Crippen LogP contribution < -0.4 is 14.9 Å². The predicted molar refractivity (Wildman–Crippen MR) is 130 cm³/mol. The summed E-state index contributed by atoms with van der Waals surface area (Å²) >= 11 is 6.29. The molecule has 7 nitrogen and oxygen atoms in total. The van der Waals surface area contributed by atoms with E-state index in [1.807, 2.05) is 19.1 Å². The van der Waals surface area contributed by atoms with Crippen molar-refractivity contribution in [2.45, 2.75) is 32.7 Å². The first kappa shape index (κ1) is 24.1. The van der Waals surface area contributed by atoms with Crippen molar-refractivity contribution >= 4 is 28.5 Å². The minimum atomic E-state index is -0.656. The molecule has 2 aromatic carbocycles. The fourth-order valence-corrected chi connectivity index (χ4v) is 4.37. The van der Waals surface area contributed by atoms with Crippen LogP contribution in [0.5, 0.6) is 11.5 Å². The van der Waals surface area contributed by atoms with Crippen molar-refractivity contribution in [1.82, 2.24) is 4.90 Å². The van der Waals surface area contributed by atoms with E-state index in [1.54, 1.807) is 37.3 Å².